The number of hydrogen-bond donors (Lipinski definition) is 1. The van der Waals surface area contributed by atoms with Crippen molar-refractivity contribution in [3.8, 4) is 11.4 Å². The van der Waals surface area contributed by atoms with Crippen LogP contribution in [0.1, 0.15) is 11.6 Å². The first-order valence-electron chi connectivity index (χ1n) is 5.84. The molecule has 3 rings (SSSR count). The Morgan fingerprint density at radius 1 is 1.43 bits per heavy atom. The van der Waals surface area contributed by atoms with Gasteiger partial charge in [0.1, 0.15) is 12.0 Å². The Morgan fingerprint density at radius 3 is 3.05 bits per heavy atom. The lowest BCUT2D eigenvalue weighted by Crippen LogP contribution is -2.32. The minimum absolute atomic E-state index is 0.238. The van der Waals surface area contributed by atoms with Crippen LogP contribution >= 0.6 is 11.8 Å². The van der Waals surface area contributed by atoms with Crippen LogP contribution in [0.3, 0.4) is 0 Å². The fourth-order valence-electron chi connectivity index (χ4n) is 1.52. The maximum atomic E-state index is 11.6. The summed E-state index contributed by atoms with van der Waals surface area (Å²) in [5.41, 5.74) is 0.569. The van der Waals surface area contributed by atoms with Gasteiger partial charge in [-0.3, -0.25) is 4.79 Å². The second-order valence-electron chi connectivity index (χ2n) is 4.06. The van der Waals surface area contributed by atoms with Gasteiger partial charge in [-0.05, 0) is 13.0 Å². The van der Waals surface area contributed by atoms with E-state index in [1.807, 2.05) is 0 Å². The highest BCUT2D eigenvalue weighted by Crippen LogP contribution is 2.20. The van der Waals surface area contributed by atoms with Gasteiger partial charge in [0.05, 0.1) is 17.6 Å². The quantitative estimate of drug-likeness (QED) is 0.544. The van der Waals surface area contributed by atoms with E-state index in [1.165, 1.54) is 24.3 Å². The van der Waals surface area contributed by atoms with Crippen LogP contribution in [0.25, 0.3) is 11.4 Å². The predicted molar refractivity (Wildman–Crippen MR) is 72.7 cm³/mol. The molecule has 0 atom stereocenters. The molecule has 3 aromatic rings. The second-order valence-corrected chi connectivity index (χ2v) is 5.00. The van der Waals surface area contributed by atoms with Gasteiger partial charge in [-0.25, -0.2) is 0 Å². The Balaban J connectivity index is 1.74. The SMILES string of the molecule is Cc1nnc(SCc2nc(-c3ccoc3)no2)n(N)c1=O. The van der Waals surface area contributed by atoms with Crippen molar-refractivity contribution in [3.63, 3.8) is 0 Å². The van der Waals surface area contributed by atoms with E-state index in [0.29, 0.717) is 17.5 Å². The Bertz CT molecular complexity index is 810. The summed E-state index contributed by atoms with van der Waals surface area (Å²) in [6.07, 6.45) is 3.04. The molecule has 2 N–H and O–H groups in total. The normalized spacial score (nSPS) is 10.9. The van der Waals surface area contributed by atoms with E-state index in [0.717, 1.165) is 10.2 Å². The van der Waals surface area contributed by atoms with Crippen molar-refractivity contribution >= 4 is 11.8 Å². The third kappa shape index (κ3) is 2.65. The van der Waals surface area contributed by atoms with Gasteiger partial charge in [0, 0.05) is 0 Å². The van der Waals surface area contributed by atoms with Crippen molar-refractivity contribution in [3.05, 3.63) is 40.5 Å². The number of hydrogen-bond acceptors (Lipinski definition) is 9. The predicted octanol–water partition coefficient (Wildman–Crippen LogP) is 0.596. The summed E-state index contributed by atoms with van der Waals surface area (Å²) >= 11 is 1.18. The Labute approximate surface area is 122 Å². The van der Waals surface area contributed by atoms with E-state index in [2.05, 4.69) is 20.3 Å². The summed E-state index contributed by atoms with van der Waals surface area (Å²) in [7, 11) is 0. The zero-order chi connectivity index (χ0) is 14.8. The smallest absolute Gasteiger partial charge is 0.294 e. The standard InChI is InChI=1S/C11H10N6O3S/c1-6-10(18)17(12)11(15-14-6)21-5-8-13-9(16-20-8)7-2-3-19-4-7/h2-4H,5,12H2,1H3. The number of nitrogens with two attached hydrogens (primary N) is 1. The first-order chi connectivity index (χ1) is 10.1. The minimum atomic E-state index is -0.392. The molecule has 0 aliphatic rings. The lowest BCUT2D eigenvalue weighted by molar-refractivity contribution is 0.391. The van der Waals surface area contributed by atoms with Crippen LogP contribution in [0.5, 0.6) is 0 Å². The number of furan rings is 1. The van der Waals surface area contributed by atoms with Gasteiger partial charge in [-0.2, -0.15) is 9.66 Å². The van der Waals surface area contributed by atoms with Gasteiger partial charge in [-0.15, -0.1) is 10.2 Å². The van der Waals surface area contributed by atoms with Crippen molar-refractivity contribution in [2.75, 3.05) is 5.84 Å². The van der Waals surface area contributed by atoms with Crippen molar-refractivity contribution in [2.24, 2.45) is 0 Å². The maximum absolute atomic E-state index is 11.6. The zero-order valence-electron chi connectivity index (χ0n) is 10.9. The second kappa shape index (κ2) is 5.40. The summed E-state index contributed by atoms with van der Waals surface area (Å²) in [4.78, 5) is 15.8. The van der Waals surface area contributed by atoms with Gasteiger partial charge in [-0.1, -0.05) is 16.9 Å². The summed E-state index contributed by atoms with van der Waals surface area (Å²) in [6.45, 7) is 1.54. The van der Waals surface area contributed by atoms with Gasteiger partial charge < -0.3 is 14.8 Å². The van der Waals surface area contributed by atoms with Gasteiger partial charge in [0.25, 0.3) is 5.56 Å². The first-order valence-corrected chi connectivity index (χ1v) is 6.83. The Morgan fingerprint density at radius 2 is 2.29 bits per heavy atom. The molecule has 0 amide bonds. The molecule has 9 nitrogen and oxygen atoms in total. The van der Waals surface area contributed by atoms with E-state index < -0.39 is 5.56 Å². The van der Waals surface area contributed by atoms with Gasteiger partial charge in [0.2, 0.25) is 16.9 Å². The van der Waals surface area contributed by atoms with E-state index in [4.69, 9.17) is 14.8 Å². The number of rotatable bonds is 4. The molecular weight excluding hydrogens is 296 g/mol. The highest BCUT2D eigenvalue weighted by atomic mass is 32.2. The van der Waals surface area contributed by atoms with Crippen LogP contribution in [0.15, 0.2) is 37.5 Å². The Kier molecular flexibility index (Phi) is 3.44. The molecule has 0 bridgehead atoms. The maximum Gasteiger partial charge on any atom is 0.294 e. The zero-order valence-corrected chi connectivity index (χ0v) is 11.7. The minimum Gasteiger partial charge on any atom is -0.472 e. The third-order valence-corrected chi connectivity index (χ3v) is 3.52. The number of nitrogens with zero attached hydrogens (tertiary/aromatic N) is 5. The molecule has 0 spiro atoms. The number of aromatic nitrogens is 5. The molecule has 0 aromatic carbocycles. The summed E-state index contributed by atoms with van der Waals surface area (Å²) in [5.74, 6) is 6.76. The lowest BCUT2D eigenvalue weighted by Gasteiger charge is -2.03. The highest BCUT2D eigenvalue weighted by molar-refractivity contribution is 7.98. The van der Waals surface area contributed by atoms with Gasteiger partial charge in [0.15, 0.2) is 0 Å². The number of thioether (sulfide) groups is 1. The molecule has 0 unspecified atom stereocenters. The third-order valence-electron chi connectivity index (χ3n) is 2.59. The van der Waals surface area contributed by atoms with E-state index in [1.54, 1.807) is 13.0 Å². The van der Waals surface area contributed by atoms with Crippen molar-refractivity contribution in [1.29, 1.82) is 0 Å². The Hall–Kier alpha value is -2.62. The molecule has 10 heteroatoms. The molecular formula is C11H10N6O3S. The van der Waals surface area contributed by atoms with Crippen LogP contribution in [0.4, 0.5) is 0 Å². The lowest BCUT2D eigenvalue weighted by atomic mass is 10.3. The summed E-state index contributed by atoms with van der Waals surface area (Å²) in [6, 6.07) is 1.73. The molecule has 21 heavy (non-hydrogen) atoms. The molecule has 0 aliphatic carbocycles. The topological polar surface area (TPSA) is 126 Å². The summed E-state index contributed by atoms with van der Waals surface area (Å²) < 4.78 is 11.0. The van der Waals surface area contributed by atoms with Crippen LogP contribution in [-0.4, -0.2) is 25.0 Å². The molecule has 0 radical (unpaired) electrons. The molecule has 0 fully saturated rings. The number of nitrogen functional groups attached to an aromatic ring is 1. The van der Waals surface area contributed by atoms with E-state index >= 15 is 0 Å². The molecule has 0 aliphatic heterocycles. The highest BCUT2D eigenvalue weighted by Gasteiger charge is 2.12. The molecule has 0 saturated heterocycles. The average Bonchev–Trinajstić information content (AvgIpc) is 3.14. The molecule has 3 aromatic heterocycles. The fraction of sp³-hybridized carbons (Fsp3) is 0.182. The summed E-state index contributed by atoms with van der Waals surface area (Å²) in [5, 5.41) is 11.7. The van der Waals surface area contributed by atoms with Crippen molar-refractivity contribution in [2.45, 2.75) is 17.8 Å². The molecule has 3 heterocycles. The van der Waals surface area contributed by atoms with Crippen LogP contribution in [0, 0.1) is 6.92 Å². The van der Waals surface area contributed by atoms with E-state index in [9.17, 15) is 4.79 Å². The monoisotopic (exact) mass is 306 g/mol. The van der Waals surface area contributed by atoms with Crippen molar-refractivity contribution in [1.82, 2.24) is 25.0 Å². The first kappa shape index (κ1) is 13.4. The van der Waals surface area contributed by atoms with Crippen LogP contribution < -0.4 is 11.4 Å². The average molecular weight is 306 g/mol. The van der Waals surface area contributed by atoms with E-state index in [-0.39, 0.29) is 10.9 Å². The largest absolute Gasteiger partial charge is 0.472 e. The van der Waals surface area contributed by atoms with Crippen LogP contribution in [-0.2, 0) is 5.75 Å². The fourth-order valence-corrected chi connectivity index (χ4v) is 2.21. The molecule has 0 saturated carbocycles. The van der Waals surface area contributed by atoms with Gasteiger partial charge >= 0.3 is 0 Å². The van der Waals surface area contributed by atoms with Crippen LogP contribution in [0.2, 0.25) is 0 Å². The van der Waals surface area contributed by atoms with Crippen molar-refractivity contribution < 1.29 is 8.94 Å². The number of aryl methyl sites for hydroxylation is 1. The molecule has 108 valence electrons.